The molecule has 1 N–H and O–H groups in total. The molecule has 3 aromatic carbocycles. The average Bonchev–Trinajstić information content (AvgIpc) is 3.50. The van der Waals surface area contributed by atoms with Crippen LogP contribution in [0.3, 0.4) is 0 Å². The van der Waals surface area contributed by atoms with Crippen LogP contribution in [0.2, 0.25) is 0 Å². The SMILES string of the molecule is COc1cc2nc(CCn3c(=O)n4n(c3=O)C3CC5(Cl)C(=O)N(c6ccc(F)cc6)C(=O)C5(Cl)C(c5ccc(O)c(C)c5)C3=CC4)c(=O)n(C)c2cc1OC. The average molecular weight is 792 g/mol. The lowest BCUT2D eigenvalue weighted by molar-refractivity contribution is -0.122. The number of rotatable bonds is 7. The molecule has 1 saturated heterocycles. The van der Waals surface area contributed by atoms with Gasteiger partial charge in [0.1, 0.15) is 17.3 Å². The normalized spacial score (nSPS) is 23.0. The zero-order chi connectivity index (χ0) is 39.3. The molecule has 0 bridgehead atoms. The van der Waals surface area contributed by atoms with Crippen LogP contribution in [0, 0.1) is 12.7 Å². The Morgan fingerprint density at radius 1 is 0.945 bits per heavy atom. The number of methoxy groups -OCH3 is 2. The first-order chi connectivity index (χ1) is 26.2. The summed E-state index contributed by atoms with van der Waals surface area (Å²) >= 11 is 14.8. The molecule has 1 aliphatic carbocycles. The maximum absolute atomic E-state index is 14.5. The molecule has 3 aliphatic rings. The van der Waals surface area contributed by atoms with Gasteiger partial charge in [0.15, 0.2) is 21.2 Å². The first kappa shape index (κ1) is 36.3. The number of carbonyl (C=O) groups excluding carboxylic acids is 2. The number of ether oxygens (including phenoxy) is 2. The summed E-state index contributed by atoms with van der Waals surface area (Å²) in [4.78, 5) is 71.7. The Morgan fingerprint density at radius 3 is 2.31 bits per heavy atom. The van der Waals surface area contributed by atoms with E-state index in [0.717, 1.165) is 21.6 Å². The Balaban J connectivity index is 1.23. The van der Waals surface area contributed by atoms with Crippen LogP contribution in [0.25, 0.3) is 11.0 Å². The Kier molecular flexibility index (Phi) is 8.39. The molecule has 0 radical (unpaired) electrons. The summed E-state index contributed by atoms with van der Waals surface area (Å²) in [7, 11) is 4.53. The van der Waals surface area contributed by atoms with Crippen molar-refractivity contribution in [3.8, 4) is 17.2 Å². The summed E-state index contributed by atoms with van der Waals surface area (Å²) in [6.07, 6.45) is 1.26. The van der Waals surface area contributed by atoms with Gasteiger partial charge in [-0.05, 0) is 54.0 Å². The number of aromatic nitrogens is 5. The lowest BCUT2D eigenvalue weighted by atomic mass is 9.64. The molecule has 17 heteroatoms. The number of carbonyl (C=O) groups is 2. The van der Waals surface area contributed by atoms with Crippen LogP contribution < -0.4 is 31.3 Å². The molecule has 2 amide bonds. The van der Waals surface area contributed by atoms with Gasteiger partial charge < -0.3 is 19.1 Å². The van der Waals surface area contributed by atoms with Crippen molar-refractivity contribution in [3.63, 3.8) is 0 Å². The Labute approximate surface area is 321 Å². The number of alkyl halides is 2. The Hall–Kier alpha value is -5.67. The van der Waals surface area contributed by atoms with E-state index < -0.39 is 56.3 Å². The fraction of sp³-hybridized carbons (Fsp3) is 0.316. The molecule has 2 aliphatic heterocycles. The molecule has 2 aromatic heterocycles. The van der Waals surface area contributed by atoms with E-state index >= 15 is 0 Å². The minimum absolute atomic E-state index is 0.0204. The summed E-state index contributed by atoms with van der Waals surface area (Å²) in [6, 6.07) is 11.6. The number of aromatic hydroxyl groups is 1. The highest BCUT2D eigenvalue weighted by atomic mass is 35.5. The number of allylic oxidation sites excluding steroid dienone is 2. The van der Waals surface area contributed by atoms with Crippen LogP contribution in [0.4, 0.5) is 10.1 Å². The van der Waals surface area contributed by atoms with E-state index in [1.165, 1.54) is 46.3 Å². The van der Waals surface area contributed by atoms with Crippen molar-refractivity contribution in [1.82, 2.24) is 23.5 Å². The van der Waals surface area contributed by atoms with E-state index in [1.807, 2.05) is 0 Å². The summed E-state index contributed by atoms with van der Waals surface area (Å²) in [5.41, 5.74) is 0.585. The van der Waals surface area contributed by atoms with Gasteiger partial charge in [0.25, 0.3) is 17.4 Å². The number of hydrogen-bond acceptors (Lipinski definition) is 9. The predicted octanol–water partition coefficient (Wildman–Crippen LogP) is 3.67. The Bertz CT molecular complexity index is 2700. The van der Waals surface area contributed by atoms with Gasteiger partial charge in [-0.2, -0.15) is 0 Å². The predicted molar refractivity (Wildman–Crippen MR) is 200 cm³/mol. The first-order valence-electron chi connectivity index (χ1n) is 17.2. The van der Waals surface area contributed by atoms with Crippen molar-refractivity contribution in [3.05, 3.63) is 120 Å². The van der Waals surface area contributed by atoms with Gasteiger partial charge in [0, 0.05) is 44.5 Å². The van der Waals surface area contributed by atoms with E-state index in [2.05, 4.69) is 4.98 Å². The molecule has 5 aromatic rings. The maximum atomic E-state index is 14.5. The molecule has 14 nitrogen and oxygen atoms in total. The minimum atomic E-state index is -2.16. The third kappa shape index (κ3) is 5.05. The van der Waals surface area contributed by atoms with Crippen LogP contribution in [-0.2, 0) is 36.1 Å². The third-order valence-corrected chi connectivity index (χ3v) is 12.4. The lowest BCUT2D eigenvalue weighted by Gasteiger charge is -2.49. The summed E-state index contributed by atoms with van der Waals surface area (Å²) in [6.45, 7) is 1.35. The first-order valence-corrected chi connectivity index (χ1v) is 18.0. The number of phenols is 1. The number of benzene rings is 3. The third-order valence-electron chi connectivity index (χ3n) is 11.0. The van der Waals surface area contributed by atoms with Crippen LogP contribution in [0.5, 0.6) is 17.2 Å². The number of aryl methyl sites for hydroxylation is 3. The van der Waals surface area contributed by atoms with E-state index in [4.69, 9.17) is 32.7 Å². The number of imide groups is 1. The largest absolute Gasteiger partial charge is 0.508 e. The van der Waals surface area contributed by atoms with Gasteiger partial charge in [-0.3, -0.25) is 14.4 Å². The molecular weight excluding hydrogens is 758 g/mol. The van der Waals surface area contributed by atoms with Crippen molar-refractivity contribution in [1.29, 1.82) is 0 Å². The highest BCUT2D eigenvalue weighted by Crippen LogP contribution is 2.64. The zero-order valence-electron chi connectivity index (χ0n) is 29.9. The number of anilines is 1. The quantitative estimate of drug-likeness (QED) is 0.148. The van der Waals surface area contributed by atoms with Crippen molar-refractivity contribution in [2.24, 2.45) is 7.05 Å². The molecule has 4 unspecified atom stereocenters. The van der Waals surface area contributed by atoms with Crippen molar-refractivity contribution >= 4 is 51.7 Å². The fourth-order valence-corrected chi connectivity index (χ4v) is 9.14. The van der Waals surface area contributed by atoms with Gasteiger partial charge in [0.05, 0.1) is 43.5 Å². The molecule has 2 fully saturated rings. The van der Waals surface area contributed by atoms with Gasteiger partial charge in [-0.1, -0.05) is 18.2 Å². The fourth-order valence-electron chi connectivity index (χ4n) is 8.22. The van der Waals surface area contributed by atoms with Crippen LogP contribution >= 0.6 is 23.2 Å². The molecule has 284 valence electrons. The second-order valence-corrected chi connectivity index (χ2v) is 15.1. The smallest absolute Gasteiger partial charge is 0.347 e. The van der Waals surface area contributed by atoms with Gasteiger partial charge in [0.2, 0.25) is 0 Å². The number of nitrogens with zero attached hydrogens (tertiary/aromatic N) is 6. The molecule has 4 atom stereocenters. The Morgan fingerprint density at radius 2 is 1.64 bits per heavy atom. The molecule has 4 heterocycles. The van der Waals surface area contributed by atoms with Gasteiger partial charge in [-0.25, -0.2) is 37.8 Å². The number of amides is 2. The summed E-state index contributed by atoms with van der Waals surface area (Å²) in [5, 5.41) is 10.4. The highest BCUT2D eigenvalue weighted by Gasteiger charge is 2.75. The minimum Gasteiger partial charge on any atom is -0.508 e. The number of halogens is 3. The molecule has 8 rings (SSSR count). The second kappa shape index (κ2) is 12.7. The zero-order valence-corrected chi connectivity index (χ0v) is 31.4. The van der Waals surface area contributed by atoms with Crippen molar-refractivity contribution in [2.45, 2.75) is 54.6 Å². The van der Waals surface area contributed by atoms with Crippen LogP contribution in [0.1, 0.15) is 35.2 Å². The number of phenolic OH excluding ortho intramolecular Hbond substituents is 1. The number of hydrogen-bond donors (Lipinski definition) is 1. The van der Waals surface area contributed by atoms with Crippen LogP contribution in [-0.4, -0.2) is 64.4 Å². The van der Waals surface area contributed by atoms with E-state index in [-0.39, 0.29) is 43.1 Å². The second-order valence-electron chi connectivity index (χ2n) is 13.9. The van der Waals surface area contributed by atoms with E-state index in [1.54, 1.807) is 44.3 Å². The maximum Gasteiger partial charge on any atom is 0.347 e. The molecule has 1 saturated carbocycles. The molecular formula is C38H33Cl2FN6O8. The van der Waals surface area contributed by atoms with E-state index in [0.29, 0.717) is 39.2 Å². The number of fused-ring (bicyclic) bond motifs is 5. The lowest BCUT2D eigenvalue weighted by Crippen LogP contribution is -2.59. The van der Waals surface area contributed by atoms with Crippen molar-refractivity contribution in [2.75, 3.05) is 19.1 Å². The standard InChI is InChI=1S/C38H33Cl2FN6O8/c1-19-15-20(5-10-28(19)48)31-23-11-14-45-35(52)44(13-12-24-32(49)43(2)26-17-30(55-4)29(54-3)16-25(26)42-24)36(53)47(45)27(23)18-37(39)33(50)46(34(51)38(31,37)40)22-8-6-21(41)7-9-22/h5-11,15-17,27,31,48H,12-14,18H2,1-4H3. The van der Waals surface area contributed by atoms with E-state index in [9.17, 15) is 33.5 Å². The molecule has 0 spiro atoms. The summed E-state index contributed by atoms with van der Waals surface area (Å²) in [5.74, 6) is -2.63. The highest BCUT2D eigenvalue weighted by molar-refractivity contribution is 6.58. The van der Waals surface area contributed by atoms with Gasteiger partial charge in [-0.15, -0.1) is 23.2 Å². The molecule has 55 heavy (non-hydrogen) atoms. The monoisotopic (exact) mass is 790 g/mol. The topological polar surface area (TPSA) is 160 Å². The van der Waals surface area contributed by atoms with Gasteiger partial charge >= 0.3 is 11.4 Å². The summed E-state index contributed by atoms with van der Waals surface area (Å²) < 4.78 is 29.5. The van der Waals surface area contributed by atoms with Crippen molar-refractivity contribution < 1.29 is 28.6 Å². The van der Waals surface area contributed by atoms with Crippen LogP contribution in [0.15, 0.2) is 80.6 Å².